The van der Waals surface area contributed by atoms with Gasteiger partial charge in [-0.2, -0.15) is 0 Å². The molecule has 1 saturated heterocycles. The molecule has 1 atom stereocenters. The minimum atomic E-state index is -1.03. The third-order valence-corrected chi connectivity index (χ3v) is 10.2. The summed E-state index contributed by atoms with van der Waals surface area (Å²) < 4.78 is 22.7. The summed E-state index contributed by atoms with van der Waals surface area (Å²) in [7, 11) is 0. The summed E-state index contributed by atoms with van der Waals surface area (Å²) in [5, 5.41) is 23.5. The van der Waals surface area contributed by atoms with Crippen LogP contribution in [0.4, 0.5) is 5.82 Å². The third kappa shape index (κ3) is 7.50. The van der Waals surface area contributed by atoms with E-state index in [1.54, 1.807) is 36.4 Å². The molecule has 5 amide bonds. The van der Waals surface area contributed by atoms with Gasteiger partial charge in [0.1, 0.15) is 29.8 Å². The number of benzene rings is 2. The Labute approximate surface area is 304 Å². The van der Waals surface area contributed by atoms with Crippen LogP contribution in [0.2, 0.25) is 0 Å². The molecule has 0 radical (unpaired) electrons. The Kier molecular flexibility index (Phi) is 9.98. The molecule has 3 heterocycles. The molecule has 3 aromatic rings. The quantitative estimate of drug-likeness (QED) is 0.116. The van der Waals surface area contributed by atoms with Crippen molar-refractivity contribution in [2.45, 2.75) is 56.5 Å². The van der Waals surface area contributed by atoms with Crippen LogP contribution in [-0.4, -0.2) is 101 Å². The lowest BCUT2D eigenvalue weighted by Crippen LogP contribution is -2.74. The van der Waals surface area contributed by atoms with E-state index in [9.17, 15) is 29.1 Å². The predicted octanol–water partition coefficient (Wildman–Crippen LogP) is 2.14. The number of phenolic OH excluding ortho intramolecular Hbond substituents is 1. The maximum atomic E-state index is 13.0. The first kappa shape index (κ1) is 35.8. The number of nitrogens with two attached hydrogens (primary N) is 1. The van der Waals surface area contributed by atoms with Crippen molar-refractivity contribution < 1.29 is 48.0 Å². The van der Waals surface area contributed by atoms with Gasteiger partial charge in [-0.25, -0.2) is 0 Å². The van der Waals surface area contributed by atoms with Gasteiger partial charge in [0.25, 0.3) is 11.8 Å². The topological polar surface area (TPSA) is 222 Å². The number of nitrogens with one attached hydrogen (secondary N) is 2. The Morgan fingerprint density at radius 3 is 2.40 bits per heavy atom. The summed E-state index contributed by atoms with van der Waals surface area (Å²) in [6.45, 7) is 1.76. The number of anilines is 1. The molecule has 2 bridgehead atoms. The van der Waals surface area contributed by atoms with Crippen LogP contribution in [0.3, 0.4) is 0 Å². The highest BCUT2D eigenvalue weighted by Gasteiger charge is 2.67. The van der Waals surface area contributed by atoms with E-state index < -0.39 is 29.7 Å². The molecule has 3 aliphatic carbocycles. The number of para-hydroxylation sites is 1. The highest BCUT2D eigenvalue weighted by Crippen LogP contribution is 2.68. The molecular weight excluding hydrogens is 688 g/mol. The van der Waals surface area contributed by atoms with E-state index in [0.29, 0.717) is 42.6 Å². The van der Waals surface area contributed by atoms with E-state index in [4.69, 9.17) is 24.7 Å². The van der Waals surface area contributed by atoms with Crippen LogP contribution in [0.25, 0.3) is 11.3 Å². The fraction of sp³-hybridized carbons (Fsp3) is 0.432. The van der Waals surface area contributed by atoms with E-state index in [2.05, 4.69) is 20.8 Å². The number of carbonyl (C=O) groups excluding carboxylic acids is 5. The molecular formula is C37H40N6O10. The molecule has 1 unspecified atom stereocenters. The number of aromatic nitrogens is 2. The number of rotatable bonds is 17. The van der Waals surface area contributed by atoms with Gasteiger partial charge in [0.2, 0.25) is 17.7 Å². The van der Waals surface area contributed by atoms with Crippen molar-refractivity contribution in [1.29, 1.82) is 0 Å². The van der Waals surface area contributed by atoms with Crippen molar-refractivity contribution in [1.82, 2.24) is 25.7 Å². The number of hydrogen-bond acceptors (Lipinski definition) is 13. The van der Waals surface area contributed by atoms with Gasteiger partial charge in [0, 0.05) is 30.0 Å². The van der Waals surface area contributed by atoms with Crippen LogP contribution in [-0.2, 0) is 23.9 Å². The number of amides is 5. The minimum absolute atomic E-state index is 0.0500. The molecule has 4 fully saturated rings. The van der Waals surface area contributed by atoms with Crippen molar-refractivity contribution in [3.05, 3.63) is 59.7 Å². The van der Waals surface area contributed by atoms with Crippen molar-refractivity contribution >= 4 is 35.4 Å². The number of nitrogen functional groups attached to an aromatic ring is 1. The number of ether oxygens (including phenoxy) is 4. The summed E-state index contributed by atoms with van der Waals surface area (Å²) in [5.41, 5.74) is 7.31. The van der Waals surface area contributed by atoms with Crippen LogP contribution in [0.15, 0.2) is 48.5 Å². The smallest absolute Gasteiger partial charge is 0.262 e. The SMILES string of the molecule is Nc1nnc(-c2ccccc2O)cc1OCCC12CC(NC(=O)CCOCCOCCOc3ccc4c(c3)C(=O)N(C3CCC(=O)NC3=O)C4=O)(C1)C2. The van der Waals surface area contributed by atoms with Gasteiger partial charge in [-0.05, 0) is 67.9 Å². The average Bonchev–Trinajstić information content (AvgIpc) is 3.35. The number of fused-ring (bicyclic) bond motifs is 1. The van der Waals surface area contributed by atoms with E-state index in [-0.39, 0.29) is 78.6 Å². The molecule has 0 spiro atoms. The summed E-state index contributed by atoms with van der Waals surface area (Å²) in [5.74, 6) is -1.25. The molecule has 5 N–H and O–H groups in total. The van der Waals surface area contributed by atoms with Crippen molar-refractivity contribution in [3.8, 4) is 28.5 Å². The molecule has 2 aromatic carbocycles. The Hall–Kier alpha value is -5.61. The van der Waals surface area contributed by atoms with Crippen LogP contribution in [0, 0.1) is 5.41 Å². The monoisotopic (exact) mass is 728 g/mol. The Balaban J connectivity index is 0.732. The van der Waals surface area contributed by atoms with Gasteiger partial charge in [-0.3, -0.25) is 34.2 Å². The second-order valence-electron chi connectivity index (χ2n) is 13.9. The predicted molar refractivity (Wildman–Crippen MR) is 186 cm³/mol. The number of nitrogens with zero attached hydrogens (tertiary/aromatic N) is 3. The fourth-order valence-corrected chi connectivity index (χ4v) is 7.70. The van der Waals surface area contributed by atoms with Crippen molar-refractivity contribution in [2.75, 3.05) is 45.4 Å². The highest BCUT2D eigenvalue weighted by atomic mass is 16.5. The largest absolute Gasteiger partial charge is 0.507 e. The maximum absolute atomic E-state index is 13.0. The lowest BCUT2D eigenvalue weighted by molar-refractivity contribution is -0.171. The number of phenols is 1. The zero-order valence-corrected chi connectivity index (χ0v) is 28.9. The lowest BCUT2D eigenvalue weighted by atomic mass is 9.38. The molecule has 2 aliphatic heterocycles. The number of piperidine rings is 1. The Bertz CT molecular complexity index is 1930. The van der Waals surface area contributed by atoms with E-state index in [1.807, 2.05) is 0 Å². The molecule has 3 saturated carbocycles. The van der Waals surface area contributed by atoms with Gasteiger partial charge in [-0.15, -0.1) is 10.2 Å². The highest BCUT2D eigenvalue weighted by molar-refractivity contribution is 6.23. The molecule has 8 rings (SSSR count). The number of hydrogen-bond donors (Lipinski definition) is 4. The standard InChI is InChI=1S/C37H40N6O10/c38-32-29(18-26(41-42-32)24-3-1-2-4-28(24)44)53-12-10-36-19-37(20-36,21-36)40-31(46)9-11-50-13-14-51-15-16-52-22-5-6-23-25(17-22)35(49)43(34(23)48)27-7-8-30(45)39-33(27)47/h1-6,17-18,27,44H,7-16,19-21H2,(H2,38,42)(H,40,46)(H,39,45,47). The Morgan fingerprint density at radius 2 is 1.62 bits per heavy atom. The number of imide groups is 2. The molecule has 5 aliphatic rings. The van der Waals surface area contributed by atoms with Crippen molar-refractivity contribution in [2.24, 2.45) is 5.41 Å². The Morgan fingerprint density at radius 1 is 0.887 bits per heavy atom. The van der Waals surface area contributed by atoms with E-state index in [1.165, 1.54) is 12.1 Å². The summed E-state index contributed by atoms with van der Waals surface area (Å²) >= 11 is 0. The zero-order valence-electron chi connectivity index (χ0n) is 28.9. The molecule has 53 heavy (non-hydrogen) atoms. The molecule has 16 nitrogen and oxygen atoms in total. The zero-order chi connectivity index (χ0) is 37.2. The van der Waals surface area contributed by atoms with E-state index in [0.717, 1.165) is 30.6 Å². The van der Waals surface area contributed by atoms with Gasteiger partial charge >= 0.3 is 0 Å². The first-order chi connectivity index (χ1) is 25.6. The normalized spacial score (nSPS) is 22.8. The summed E-state index contributed by atoms with van der Waals surface area (Å²) in [4.78, 5) is 63.0. The maximum Gasteiger partial charge on any atom is 0.262 e. The third-order valence-electron chi connectivity index (χ3n) is 10.2. The van der Waals surface area contributed by atoms with Gasteiger partial charge < -0.3 is 35.1 Å². The first-order valence-electron chi connectivity index (χ1n) is 17.5. The fourth-order valence-electron chi connectivity index (χ4n) is 7.70. The number of carbonyl (C=O) groups is 5. The second kappa shape index (κ2) is 14.8. The van der Waals surface area contributed by atoms with Crippen LogP contribution in [0.5, 0.6) is 17.2 Å². The second-order valence-corrected chi connectivity index (χ2v) is 13.9. The summed E-state index contributed by atoms with van der Waals surface area (Å²) in [6.07, 6.45) is 3.91. The van der Waals surface area contributed by atoms with Crippen molar-refractivity contribution in [3.63, 3.8) is 0 Å². The van der Waals surface area contributed by atoms with Crippen LogP contribution >= 0.6 is 0 Å². The van der Waals surface area contributed by atoms with Crippen LogP contribution < -0.4 is 25.8 Å². The van der Waals surface area contributed by atoms with E-state index >= 15 is 0 Å². The minimum Gasteiger partial charge on any atom is -0.507 e. The molecule has 16 heteroatoms. The van der Waals surface area contributed by atoms with Gasteiger partial charge in [0.15, 0.2) is 11.6 Å². The number of aromatic hydroxyl groups is 1. The van der Waals surface area contributed by atoms with Gasteiger partial charge in [0.05, 0.1) is 44.2 Å². The molecule has 1 aromatic heterocycles. The molecule has 278 valence electrons. The lowest BCUT2D eigenvalue weighted by Gasteiger charge is -2.71. The van der Waals surface area contributed by atoms with Gasteiger partial charge in [-0.1, -0.05) is 12.1 Å². The first-order valence-corrected chi connectivity index (χ1v) is 17.5. The van der Waals surface area contributed by atoms with Crippen LogP contribution in [0.1, 0.15) is 65.7 Å². The average molecular weight is 729 g/mol. The summed E-state index contributed by atoms with van der Waals surface area (Å²) in [6, 6.07) is 12.0.